The summed E-state index contributed by atoms with van der Waals surface area (Å²) >= 11 is 0. The van der Waals surface area contributed by atoms with Gasteiger partial charge in [0.25, 0.3) is 0 Å². The van der Waals surface area contributed by atoms with Crippen LogP contribution < -0.4 is 25.4 Å². The smallest absolute Gasteiger partial charge is 0.243 e. The molecule has 0 aliphatic carbocycles. The van der Waals surface area contributed by atoms with E-state index >= 15 is 0 Å². The van der Waals surface area contributed by atoms with Crippen molar-refractivity contribution in [1.29, 1.82) is 0 Å². The SMILES string of the molecule is CN=C(NCC(=O)Nc1ccc(F)c(F)c1F)NCC1COc2ccccc2O1.I. The third-order valence-electron chi connectivity index (χ3n) is 4.01. The van der Waals surface area contributed by atoms with E-state index in [0.29, 0.717) is 30.6 Å². The van der Waals surface area contributed by atoms with Crippen molar-refractivity contribution in [3.8, 4) is 11.5 Å². The van der Waals surface area contributed by atoms with Gasteiger partial charge < -0.3 is 25.4 Å². The molecule has 1 atom stereocenters. The Morgan fingerprint density at radius 2 is 1.83 bits per heavy atom. The van der Waals surface area contributed by atoms with Crippen molar-refractivity contribution in [2.24, 2.45) is 4.99 Å². The maximum atomic E-state index is 13.6. The third kappa shape index (κ3) is 5.90. The standard InChI is InChI=1S/C19H19F3N4O3.HI/c1-23-19(24-8-11-10-28-14-4-2-3-5-15(14)29-11)25-9-16(27)26-13-7-6-12(20)17(21)18(13)22;/h2-7,11H,8-10H2,1H3,(H,26,27)(H2,23,24,25);1H. The lowest BCUT2D eigenvalue weighted by Crippen LogP contribution is -2.47. The number of fused-ring (bicyclic) bond motifs is 1. The van der Waals surface area contributed by atoms with Crippen molar-refractivity contribution in [3.05, 3.63) is 53.8 Å². The Morgan fingerprint density at radius 3 is 2.57 bits per heavy atom. The fraction of sp³-hybridized carbons (Fsp3) is 0.263. The second-order valence-corrected chi connectivity index (χ2v) is 6.08. The van der Waals surface area contributed by atoms with Gasteiger partial charge in [-0.15, -0.1) is 24.0 Å². The minimum Gasteiger partial charge on any atom is -0.486 e. The quantitative estimate of drug-likeness (QED) is 0.237. The Hall–Kier alpha value is -2.70. The molecule has 0 fully saturated rings. The number of aliphatic imine (C=N–C) groups is 1. The molecule has 1 aliphatic heterocycles. The molecule has 0 aromatic heterocycles. The fourth-order valence-corrected chi connectivity index (χ4v) is 2.58. The van der Waals surface area contributed by atoms with Gasteiger partial charge in [-0.25, -0.2) is 13.2 Å². The van der Waals surface area contributed by atoms with Gasteiger partial charge >= 0.3 is 0 Å². The van der Waals surface area contributed by atoms with Gasteiger partial charge in [-0.05, 0) is 24.3 Å². The van der Waals surface area contributed by atoms with E-state index in [1.54, 1.807) is 6.07 Å². The maximum Gasteiger partial charge on any atom is 0.243 e. The number of anilines is 1. The number of nitrogens with zero attached hydrogens (tertiary/aromatic N) is 1. The van der Waals surface area contributed by atoms with Crippen LogP contribution in [-0.4, -0.2) is 44.7 Å². The Bertz CT molecular complexity index is 930. The number of carbonyl (C=O) groups is 1. The van der Waals surface area contributed by atoms with E-state index in [2.05, 4.69) is 20.9 Å². The van der Waals surface area contributed by atoms with Crippen LogP contribution in [0.2, 0.25) is 0 Å². The highest BCUT2D eigenvalue weighted by Crippen LogP contribution is 2.30. The molecule has 3 N–H and O–H groups in total. The molecule has 0 saturated heterocycles. The topological polar surface area (TPSA) is 84.0 Å². The molecule has 0 radical (unpaired) electrons. The number of para-hydroxylation sites is 2. The zero-order valence-corrected chi connectivity index (χ0v) is 18.2. The van der Waals surface area contributed by atoms with Gasteiger partial charge in [-0.1, -0.05) is 12.1 Å². The molecule has 1 unspecified atom stereocenters. The number of guanidine groups is 1. The van der Waals surface area contributed by atoms with Crippen molar-refractivity contribution >= 4 is 41.5 Å². The lowest BCUT2D eigenvalue weighted by molar-refractivity contribution is -0.115. The first-order valence-electron chi connectivity index (χ1n) is 8.74. The number of carbonyl (C=O) groups excluding carboxylic acids is 1. The van der Waals surface area contributed by atoms with Crippen LogP contribution in [0.25, 0.3) is 0 Å². The van der Waals surface area contributed by atoms with E-state index in [0.717, 1.165) is 12.1 Å². The minimum atomic E-state index is -1.65. The maximum absolute atomic E-state index is 13.6. The zero-order valence-electron chi connectivity index (χ0n) is 15.9. The van der Waals surface area contributed by atoms with E-state index in [1.807, 2.05) is 18.2 Å². The second kappa shape index (κ2) is 10.9. The Kier molecular flexibility index (Phi) is 8.57. The van der Waals surface area contributed by atoms with E-state index in [9.17, 15) is 18.0 Å². The molecule has 11 heteroatoms. The first-order chi connectivity index (χ1) is 14.0. The van der Waals surface area contributed by atoms with Gasteiger partial charge in [0.15, 0.2) is 34.9 Å². The number of hydrogen-bond donors (Lipinski definition) is 3. The van der Waals surface area contributed by atoms with Crippen LogP contribution in [0.4, 0.5) is 18.9 Å². The largest absolute Gasteiger partial charge is 0.486 e. The summed E-state index contributed by atoms with van der Waals surface area (Å²) in [6.45, 7) is 0.424. The Morgan fingerprint density at radius 1 is 1.10 bits per heavy atom. The monoisotopic (exact) mass is 536 g/mol. The van der Waals surface area contributed by atoms with Gasteiger partial charge in [0.2, 0.25) is 5.91 Å². The Labute approximate surface area is 188 Å². The van der Waals surface area contributed by atoms with Gasteiger partial charge in [0.05, 0.1) is 18.8 Å². The van der Waals surface area contributed by atoms with Crippen molar-refractivity contribution < 1.29 is 27.4 Å². The molecule has 1 heterocycles. The number of ether oxygens (including phenoxy) is 2. The molecule has 2 aromatic carbocycles. The number of nitrogens with one attached hydrogen (secondary N) is 3. The molecule has 1 aliphatic rings. The lowest BCUT2D eigenvalue weighted by atomic mass is 10.2. The summed E-state index contributed by atoms with van der Waals surface area (Å²) in [5.74, 6) is -3.49. The van der Waals surface area contributed by atoms with Crippen molar-refractivity contribution in [3.63, 3.8) is 0 Å². The van der Waals surface area contributed by atoms with Crippen LogP contribution in [0.1, 0.15) is 0 Å². The highest BCUT2D eigenvalue weighted by Gasteiger charge is 2.21. The van der Waals surface area contributed by atoms with Gasteiger partial charge in [-0.2, -0.15) is 0 Å². The molecule has 0 bridgehead atoms. The van der Waals surface area contributed by atoms with Crippen LogP contribution in [0.3, 0.4) is 0 Å². The molecular weight excluding hydrogens is 516 g/mol. The molecule has 2 aromatic rings. The lowest BCUT2D eigenvalue weighted by Gasteiger charge is -2.27. The van der Waals surface area contributed by atoms with E-state index in [-0.39, 0.29) is 36.6 Å². The van der Waals surface area contributed by atoms with Gasteiger partial charge in [0, 0.05) is 7.05 Å². The number of amides is 1. The van der Waals surface area contributed by atoms with E-state index < -0.39 is 29.0 Å². The number of hydrogen-bond acceptors (Lipinski definition) is 4. The van der Waals surface area contributed by atoms with Crippen LogP contribution >= 0.6 is 24.0 Å². The van der Waals surface area contributed by atoms with Crippen molar-refractivity contribution in [2.75, 3.05) is 32.1 Å². The Balaban J connectivity index is 0.00000320. The van der Waals surface area contributed by atoms with Gasteiger partial charge in [0.1, 0.15) is 12.7 Å². The van der Waals surface area contributed by atoms with Crippen molar-refractivity contribution in [1.82, 2.24) is 10.6 Å². The molecule has 162 valence electrons. The molecule has 7 nitrogen and oxygen atoms in total. The number of rotatable bonds is 5. The molecule has 0 spiro atoms. The van der Waals surface area contributed by atoms with Crippen molar-refractivity contribution in [2.45, 2.75) is 6.10 Å². The summed E-state index contributed by atoms with van der Waals surface area (Å²) in [7, 11) is 1.51. The average Bonchev–Trinajstić information content (AvgIpc) is 2.74. The molecule has 3 rings (SSSR count). The predicted molar refractivity (Wildman–Crippen MR) is 116 cm³/mol. The summed E-state index contributed by atoms with van der Waals surface area (Å²) in [6.07, 6.45) is -0.270. The summed E-state index contributed by atoms with van der Waals surface area (Å²) in [6, 6.07) is 8.98. The first kappa shape index (κ1) is 23.6. The first-order valence-corrected chi connectivity index (χ1v) is 8.74. The molecule has 30 heavy (non-hydrogen) atoms. The third-order valence-corrected chi connectivity index (χ3v) is 4.01. The average molecular weight is 536 g/mol. The zero-order chi connectivity index (χ0) is 20.8. The summed E-state index contributed by atoms with van der Waals surface area (Å²) in [5.41, 5.74) is -0.454. The number of benzene rings is 2. The highest BCUT2D eigenvalue weighted by atomic mass is 127. The van der Waals surface area contributed by atoms with Crippen LogP contribution in [0.5, 0.6) is 11.5 Å². The van der Waals surface area contributed by atoms with Gasteiger partial charge in [-0.3, -0.25) is 9.79 Å². The molecule has 0 saturated carbocycles. The highest BCUT2D eigenvalue weighted by molar-refractivity contribution is 14.0. The van der Waals surface area contributed by atoms with Crippen LogP contribution in [-0.2, 0) is 4.79 Å². The number of halogens is 4. The van der Waals surface area contributed by atoms with Crippen LogP contribution in [0, 0.1) is 17.5 Å². The molecule has 1 amide bonds. The minimum absolute atomic E-state index is 0. The normalized spacial score (nSPS) is 15.1. The molecular formula is C19H20F3IN4O3. The second-order valence-electron chi connectivity index (χ2n) is 6.08. The fourth-order valence-electron chi connectivity index (χ4n) is 2.58. The van der Waals surface area contributed by atoms with E-state index in [1.165, 1.54) is 7.05 Å². The summed E-state index contributed by atoms with van der Waals surface area (Å²) < 4.78 is 51.2. The van der Waals surface area contributed by atoms with Crippen LogP contribution in [0.15, 0.2) is 41.4 Å². The predicted octanol–water partition coefficient (Wildman–Crippen LogP) is 2.67. The summed E-state index contributed by atoms with van der Waals surface area (Å²) in [4.78, 5) is 15.9. The summed E-state index contributed by atoms with van der Waals surface area (Å²) in [5, 5.41) is 7.88. The van der Waals surface area contributed by atoms with E-state index in [4.69, 9.17) is 9.47 Å².